The minimum atomic E-state index is -0.417. The fourth-order valence-electron chi connectivity index (χ4n) is 6.47. The Morgan fingerprint density at radius 1 is 0.625 bits per heavy atom. The van der Waals surface area contributed by atoms with Crippen LogP contribution in [-0.2, 0) is 0 Å². The van der Waals surface area contributed by atoms with E-state index in [1.54, 1.807) is 13.8 Å². The summed E-state index contributed by atoms with van der Waals surface area (Å²) >= 11 is 5.09. The van der Waals surface area contributed by atoms with Gasteiger partial charge in [0.1, 0.15) is 34.8 Å². The number of nitrogens with zero attached hydrogens (tertiary/aromatic N) is 4. The number of thioether (sulfide) groups is 4. The van der Waals surface area contributed by atoms with Crippen LogP contribution in [0.3, 0.4) is 0 Å². The van der Waals surface area contributed by atoms with Gasteiger partial charge in [-0.1, -0.05) is 71.3 Å². The largest absolute Gasteiger partial charge is 0.505 e. The highest BCUT2D eigenvalue weighted by atomic mass is 32.2. The van der Waals surface area contributed by atoms with E-state index in [-0.39, 0.29) is 22.6 Å². The summed E-state index contributed by atoms with van der Waals surface area (Å²) in [6.07, 6.45) is 0. The Bertz CT molecular complexity index is 2460. The number of aromatic nitrogens is 4. The molecule has 0 saturated heterocycles. The molecule has 4 aliphatic rings. The number of carbonyl (C=O) groups is 2. The Labute approximate surface area is 288 Å². The second kappa shape index (κ2) is 10.2. The Kier molecular flexibility index (Phi) is 6.17. The quantitative estimate of drug-likeness (QED) is 0.100. The summed E-state index contributed by atoms with van der Waals surface area (Å²) in [5, 5.41) is 43.4. The highest BCUT2D eigenvalue weighted by Gasteiger charge is 2.45. The number of carbonyl (C=O) groups excluding carboxylic acids is 2. The smallest absolute Gasteiger partial charge is 0.357 e. The van der Waals surface area contributed by atoms with Crippen molar-refractivity contribution in [3.8, 4) is 23.6 Å². The lowest BCUT2D eigenvalue weighted by molar-refractivity contribution is -0.546. The average Bonchev–Trinajstić information content (AvgIpc) is 3.87. The number of allylic oxidation sites excluding steroid dienone is 6. The number of imidazole rings is 2. The molecule has 0 bridgehead atoms. The normalized spacial score (nSPS) is 16.9. The summed E-state index contributed by atoms with van der Waals surface area (Å²) < 4.78 is 4.42. The topological polar surface area (TPSA) is 162 Å². The summed E-state index contributed by atoms with van der Waals surface area (Å²) in [7, 11) is 0. The molecule has 6 heterocycles. The van der Waals surface area contributed by atoms with Crippen LogP contribution in [0.1, 0.15) is 35.1 Å². The van der Waals surface area contributed by atoms with Crippen LogP contribution in [0.2, 0.25) is 0 Å². The molecule has 48 heavy (non-hydrogen) atoms. The summed E-state index contributed by atoms with van der Waals surface area (Å²) in [5.41, 5.74) is 5.12. The second-order valence-electron chi connectivity index (χ2n) is 11.2. The van der Waals surface area contributed by atoms with E-state index in [1.165, 1.54) is 56.2 Å². The van der Waals surface area contributed by atoms with Crippen LogP contribution >= 0.6 is 47.0 Å². The lowest BCUT2D eigenvalue weighted by atomic mass is 9.98. The Morgan fingerprint density at radius 2 is 0.979 bits per heavy atom. The Balaban J connectivity index is 1.20. The number of benzene rings is 3. The van der Waals surface area contributed by atoms with Gasteiger partial charge in [0.05, 0.1) is 39.2 Å². The number of fused-ring (bicyclic) bond motifs is 8. The van der Waals surface area contributed by atoms with Gasteiger partial charge < -0.3 is 10.2 Å². The molecule has 0 amide bonds. The third kappa shape index (κ3) is 3.68. The van der Waals surface area contributed by atoms with Gasteiger partial charge in [-0.2, -0.15) is 19.7 Å². The van der Waals surface area contributed by atoms with Crippen LogP contribution in [0.5, 0.6) is 11.5 Å². The number of H-pyrrole nitrogens is 2. The van der Waals surface area contributed by atoms with Gasteiger partial charge in [0.15, 0.2) is 22.1 Å². The molecule has 5 aromatic rings. The number of para-hydroxylation sites is 4. The zero-order valence-electron chi connectivity index (χ0n) is 24.8. The predicted octanol–water partition coefficient (Wildman–Crippen LogP) is 6.76. The number of rotatable bonds is 0. The molecular formula is C34H18N6O4S4+2. The number of hydrogen-bond donors (Lipinski definition) is 4. The van der Waals surface area contributed by atoms with Gasteiger partial charge in [0.2, 0.25) is 0 Å². The summed E-state index contributed by atoms with van der Waals surface area (Å²) in [6, 6.07) is 18.9. The molecule has 0 spiro atoms. The third-order valence-corrected chi connectivity index (χ3v) is 14.0. The SMILES string of the molecule is CC1=C(C#N)C(=O)[n+]2c([nH]c3ccccc32)C1=C1Sc2c(O)c3c(c(O)c2S1)SC(=C1C(C)=C(C#N)C(=O)[n+]2c1[nH]c1ccccc12)S3. The maximum Gasteiger partial charge on any atom is 0.357 e. The molecule has 230 valence electrons. The van der Waals surface area contributed by atoms with E-state index in [2.05, 4.69) is 22.1 Å². The van der Waals surface area contributed by atoms with Crippen molar-refractivity contribution in [3.05, 3.63) is 90.9 Å². The molecule has 0 saturated carbocycles. The number of phenolic OH excluding ortho intramolecular Hbond substituents is 2. The minimum absolute atomic E-state index is 0.00361. The molecule has 0 radical (unpaired) electrons. The van der Waals surface area contributed by atoms with E-state index in [0.717, 1.165) is 11.0 Å². The van der Waals surface area contributed by atoms with Crippen LogP contribution < -0.4 is 9.13 Å². The van der Waals surface area contributed by atoms with E-state index in [4.69, 9.17) is 0 Å². The highest BCUT2D eigenvalue weighted by Crippen LogP contribution is 2.69. The lowest BCUT2D eigenvalue weighted by Gasteiger charge is -2.14. The van der Waals surface area contributed by atoms with Crippen LogP contribution in [-0.4, -0.2) is 32.0 Å². The van der Waals surface area contributed by atoms with Crippen molar-refractivity contribution in [2.45, 2.75) is 33.4 Å². The van der Waals surface area contributed by atoms with Crippen molar-refractivity contribution in [1.82, 2.24) is 9.97 Å². The fourth-order valence-corrected chi connectivity index (χ4v) is 12.1. The van der Waals surface area contributed by atoms with Crippen molar-refractivity contribution in [2.75, 3.05) is 0 Å². The van der Waals surface area contributed by atoms with Gasteiger partial charge >= 0.3 is 11.8 Å². The molecule has 4 aliphatic heterocycles. The first-order chi connectivity index (χ1) is 23.2. The van der Waals surface area contributed by atoms with Gasteiger partial charge in [-0.25, -0.2) is 19.6 Å². The van der Waals surface area contributed by atoms with E-state index in [1.807, 2.05) is 48.5 Å². The molecule has 0 aliphatic carbocycles. The Morgan fingerprint density at radius 3 is 1.33 bits per heavy atom. The van der Waals surface area contributed by atoms with Gasteiger partial charge in [-0.15, -0.1) is 0 Å². The molecule has 9 rings (SSSR count). The molecule has 2 aromatic heterocycles. The minimum Gasteiger partial charge on any atom is -0.505 e. The van der Waals surface area contributed by atoms with E-state index >= 15 is 0 Å². The zero-order chi connectivity index (χ0) is 33.2. The molecule has 3 aromatic carbocycles. The van der Waals surface area contributed by atoms with Crippen molar-refractivity contribution >= 4 is 92.1 Å². The number of nitriles is 2. The van der Waals surface area contributed by atoms with Crippen LogP contribution in [0.25, 0.3) is 33.2 Å². The summed E-state index contributed by atoms with van der Waals surface area (Å²) in [4.78, 5) is 35.4. The summed E-state index contributed by atoms with van der Waals surface area (Å²) in [5.74, 6) is 0.209. The number of nitrogens with one attached hydrogen (secondary N) is 2. The van der Waals surface area contributed by atoms with Crippen LogP contribution in [0.15, 0.2) is 98.9 Å². The van der Waals surface area contributed by atoms with Gasteiger partial charge in [-0.05, 0) is 49.3 Å². The molecule has 0 unspecified atom stereocenters. The fraction of sp³-hybridized carbons (Fsp3) is 0.0588. The number of hydrogen-bond acceptors (Lipinski definition) is 10. The molecular weight excluding hydrogens is 685 g/mol. The number of aromatic hydroxyl groups is 2. The van der Waals surface area contributed by atoms with Gasteiger partial charge in [0.25, 0.3) is 11.6 Å². The first-order valence-electron chi connectivity index (χ1n) is 14.4. The standard InChI is InChI=1S/C34H16N6O4S4/c1-13-15(11-35)31(43)39-19-9-5-3-7-17(19)37-29(39)21(13)33-45-25-23(41)27-28(24(42)26(25)46-33)48-34(47-27)22-14(2)16(12-36)32(44)40-20-10-6-4-8-18(20)38-30(22)40/h3-10,41-42H,1-2H3/p+2. The predicted molar refractivity (Wildman–Crippen MR) is 182 cm³/mol. The second-order valence-corrected chi connectivity index (χ2v) is 15.8. The number of phenols is 2. The van der Waals surface area contributed by atoms with E-state index in [9.17, 15) is 30.3 Å². The average molecular weight is 703 g/mol. The van der Waals surface area contributed by atoms with Crippen molar-refractivity contribution < 1.29 is 28.9 Å². The zero-order valence-corrected chi connectivity index (χ0v) is 28.0. The van der Waals surface area contributed by atoms with E-state index < -0.39 is 11.8 Å². The summed E-state index contributed by atoms with van der Waals surface area (Å²) in [6.45, 7) is 3.47. The maximum atomic E-state index is 13.4. The van der Waals surface area contributed by atoms with Crippen molar-refractivity contribution in [2.24, 2.45) is 0 Å². The third-order valence-electron chi connectivity index (χ3n) is 8.73. The molecule has 0 fully saturated rings. The van der Waals surface area contributed by atoms with Gasteiger partial charge in [-0.3, -0.25) is 0 Å². The lowest BCUT2D eigenvalue weighted by Crippen LogP contribution is -2.48. The maximum absolute atomic E-state index is 13.4. The van der Waals surface area contributed by atoms with Crippen LogP contribution in [0, 0.1) is 22.7 Å². The van der Waals surface area contributed by atoms with Crippen molar-refractivity contribution in [3.63, 3.8) is 0 Å². The molecule has 4 N–H and O–H groups in total. The van der Waals surface area contributed by atoms with Crippen molar-refractivity contribution in [1.29, 1.82) is 10.5 Å². The monoisotopic (exact) mass is 702 g/mol. The molecule has 0 atom stereocenters. The highest BCUT2D eigenvalue weighted by molar-refractivity contribution is 8.26. The first-order valence-corrected chi connectivity index (χ1v) is 17.7. The van der Waals surface area contributed by atoms with E-state index in [0.29, 0.717) is 73.0 Å². The molecule has 14 heteroatoms. The Hall–Kier alpha value is -5.12. The van der Waals surface area contributed by atoms with Gasteiger partial charge in [0, 0.05) is 0 Å². The van der Waals surface area contributed by atoms with Crippen LogP contribution in [0.4, 0.5) is 0 Å². The molecule has 10 nitrogen and oxygen atoms in total. The first kappa shape index (κ1) is 29.1. The number of aromatic amines is 2.